The maximum atomic E-state index is 10.9. The molecule has 0 bridgehead atoms. The predicted octanol–water partition coefficient (Wildman–Crippen LogP) is 0.940. The molecule has 2 rings (SSSR count). The van der Waals surface area contributed by atoms with E-state index < -0.39 is 21.6 Å². The molecule has 4 nitrogen and oxygen atoms in total. The summed E-state index contributed by atoms with van der Waals surface area (Å²) in [6, 6.07) is 0. The van der Waals surface area contributed by atoms with Crippen LogP contribution in [0.15, 0.2) is 0 Å². The Balaban J connectivity index is 1.91. The monoisotopic (exact) mass is 219 g/mol. The molecule has 1 saturated heterocycles. The van der Waals surface area contributed by atoms with E-state index in [4.69, 9.17) is 9.47 Å². The zero-order chi connectivity index (χ0) is 10.4. The van der Waals surface area contributed by atoms with Gasteiger partial charge in [0.1, 0.15) is 0 Å². The summed E-state index contributed by atoms with van der Waals surface area (Å²) in [4.78, 5) is 0. The Morgan fingerprint density at radius 3 is 2.50 bits per heavy atom. The van der Waals surface area contributed by atoms with Gasteiger partial charge < -0.3 is 14.0 Å². The van der Waals surface area contributed by atoms with E-state index in [1.54, 1.807) is 0 Å². The van der Waals surface area contributed by atoms with Crippen molar-refractivity contribution in [3.8, 4) is 0 Å². The Labute approximate surface area is 86.3 Å². The Morgan fingerprint density at radius 1 is 1.50 bits per heavy atom. The summed E-state index contributed by atoms with van der Waals surface area (Å²) in [7, 11) is 0. The molecule has 0 radical (unpaired) electrons. The van der Waals surface area contributed by atoms with Crippen LogP contribution < -0.4 is 0 Å². The third kappa shape index (κ3) is 2.00. The maximum absolute atomic E-state index is 10.9. The van der Waals surface area contributed by atoms with Crippen molar-refractivity contribution in [2.24, 2.45) is 0 Å². The number of hydrogen-bond acceptors (Lipinski definition) is 4. The highest BCUT2D eigenvalue weighted by Crippen LogP contribution is 2.46. The topological polar surface area (TPSA) is 58.6 Å². The largest absolute Gasteiger partial charge is 0.772 e. The first-order chi connectivity index (χ1) is 6.44. The number of hydrogen-bond donors (Lipinski definition) is 0. The van der Waals surface area contributed by atoms with Crippen molar-refractivity contribution >= 4 is 11.1 Å². The molecule has 1 unspecified atom stereocenters. The Morgan fingerprint density at radius 2 is 2.14 bits per heavy atom. The van der Waals surface area contributed by atoms with Crippen molar-refractivity contribution < 1.29 is 18.2 Å². The number of rotatable bonds is 3. The van der Waals surface area contributed by atoms with Gasteiger partial charge in [-0.1, -0.05) is 0 Å². The lowest BCUT2D eigenvalue weighted by Crippen LogP contribution is -2.27. The number of ether oxygens (including phenoxy) is 2. The van der Waals surface area contributed by atoms with Gasteiger partial charge >= 0.3 is 0 Å². The standard InChI is InChI=1S/C9H16O4S/c1-8(2)12-6-7(13-8)5-9(3-4-9)14(10)11/h7H,3-6H2,1-2H3,(H,10,11)/p-1/t7-/m1/s1. The molecule has 82 valence electrons. The normalized spacial score (nSPS) is 35.5. The minimum atomic E-state index is -1.97. The molecule has 0 aromatic rings. The van der Waals surface area contributed by atoms with Gasteiger partial charge in [0, 0.05) is 4.75 Å². The van der Waals surface area contributed by atoms with Gasteiger partial charge in [0.2, 0.25) is 0 Å². The molecule has 2 fully saturated rings. The van der Waals surface area contributed by atoms with Crippen LogP contribution >= 0.6 is 0 Å². The summed E-state index contributed by atoms with van der Waals surface area (Å²) in [5.74, 6) is -0.550. The molecule has 0 aromatic carbocycles. The lowest BCUT2D eigenvalue weighted by Gasteiger charge is -2.22. The third-order valence-corrected chi connectivity index (χ3v) is 4.11. The van der Waals surface area contributed by atoms with E-state index in [9.17, 15) is 8.76 Å². The summed E-state index contributed by atoms with van der Waals surface area (Å²) in [5.41, 5.74) is 0. The van der Waals surface area contributed by atoms with Gasteiger partial charge in [-0.25, -0.2) is 0 Å². The molecule has 1 heterocycles. The van der Waals surface area contributed by atoms with E-state index >= 15 is 0 Å². The van der Waals surface area contributed by atoms with Gasteiger partial charge in [-0.3, -0.25) is 4.21 Å². The quantitative estimate of drug-likeness (QED) is 0.663. The zero-order valence-corrected chi connectivity index (χ0v) is 9.26. The van der Waals surface area contributed by atoms with Crippen LogP contribution in [0.2, 0.25) is 0 Å². The molecule has 2 atom stereocenters. The molecule has 0 N–H and O–H groups in total. The maximum Gasteiger partial charge on any atom is 0.163 e. The van der Waals surface area contributed by atoms with E-state index in [1.165, 1.54) is 0 Å². The molecule has 1 saturated carbocycles. The van der Waals surface area contributed by atoms with Gasteiger partial charge in [0.15, 0.2) is 5.79 Å². The highest BCUT2D eigenvalue weighted by Gasteiger charge is 2.48. The lowest BCUT2D eigenvalue weighted by molar-refractivity contribution is -0.139. The average molecular weight is 219 g/mol. The van der Waals surface area contributed by atoms with Crippen molar-refractivity contribution in [3.05, 3.63) is 0 Å². The van der Waals surface area contributed by atoms with E-state index in [2.05, 4.69) is 0 Å². The van der Waals surface area contributed by atoms with Crippen LogP contribution in [0.25, 0.3) is 0 Å². The van der Waals surface area contributed by atoms with Crippen molar-refractivity contribution in [3.63, 3.8) is 0 Å². The predicted molar refractivity (Wildman–Crippen MR) is 50.4 cm³/mol. The molecule has 0 amide bonds. The minimum Gasteiger partial charge on any atom is -0.772 e. The third-order valence-electron chi connectivity index (χ3n) is 2.83. The first kappa shape index (κ1) is 10.5. The van der Waals surface area contributed by atoms with Gasteiger partial charge in [0.25, 0.3) is 0 Å². The van der Waals surface area contributed by atoms with Crippen LogP contribution in [0.1, 0.15) is 33.1 Å². The van der Waals surface area contributed by atoms with Gasteiger partial charge in [0.05, 0.1) is 12.7 Å². The smallest absolute Gasteiger partial charge is 0.163 e. The van der Waals surface area contributed by atoms with Crippen molar-refractivity contribution in [1.29, 1.82) is 0 Å². The molecule has 0 spiro atoms. The second kappa shape index (κ2) is 3.27. The summed E-state index contributed by atoms with van der Waals surface area (Å²) in [6.45, 7) is 4.20. The van der Waals surface area contributed by atoms with Crippen molar-refractivity contribution in [2.75, 3.05) is 6.61 Å². The summed E-state index contributed by atoms with van der Waals surface area (Å²) in [6.07, 6.45) is 2.05. The molecular weight excluding hydrogens is 204 g/mol. The highest BCUT2D eigenvalue weighted by molar-refractivity contribution is 7.81. The molecule has 0 aromatic heterocycles. The fourth-order valence-electron chi connectivity index (χ4n) is 1.86. The van der Waals surface area contributed by atoms with Crippen LogP contribution in [0, 0.1) is 0 Å². The minimum absolute atomic E-state index is 0.0644. The van der Waals surface area contributed by atoms with Crippen LogP contribution in [0.5, 0.6) is 0 Å². The van der Waals surface area contributed by atoms with Gasteiger partial charge in [-0.15, -0.1) is 0 Å². The Hall–Kier alpha value is 0.0300. The molecular formula is C9H15O4S-. The lowest BCUT2D eigenvalue weighted by atomic mass is 10.2. The molecule has 1 aliphatic carbocycles. The molecule has 5 heteroatoms. The van der Waals surface area contributed by atoms with E-state index in [-0.39, 0.29) is 6.10 Å². The van der Waals surface area contributed by atoms with Gasteiger partial charge in [-0.05, 0) is 44.2 Å². The second-order valence-electron chi connectivity index (χ2n) is 4.57. The molecule has 14 heavy (non-hydrogen) atoms. The molecule has 2 aliphatic rings. The van der Waals surface area contributed by atoms with Crippen LogP contribution in [-0.2, 0) is 20.6 Å². The van der Waals surface area contributed by atoms with Crippen molar-refractivity contribution in [1.82, 2.24) is 0 Å². The SMILES string of the molecule is CC1(C)OC[C@@H](CC2(S(=O)[O-])CC2)O1. The van der Waals surface area contributed by atoms with Crippen molar-refractivity contribution in [2.45, 2.75) is 49.7 Å². The summed E-state index contributed by atoms with van der Waals surface area (Å²) >= 11 is -1.97. The summed E-state index contributed by atoms with van der Waals surface area (Å²) in [5, 5.41) is 0. The average Bonchev–Trinajstić information content (AvgIpc) is 2.74. The van der Waals surface area contributed by atoms with Crippen LogP contribution in [0.3, 0.4) is 0 Å². The highest BCUT2D eigenvalue weighted by atomic mass is 32.2. The first-order valence-corrected chi connectivity index (χ1v) is 5.92. The Kier molecular flexibility index (Phi) is 2.46. The van der Waals surface area contributed by atoms with Gasteiger partial charge in [-0.2, -0.15) is 0 Å². The summed E-state index contributed by atoms with van der Waals surface area (Å²) < 4.78 is 32.3. The van der Waals surface area contributed by atoms with Crippen LogP contribution in [-0.4, -0.2) is 32.0 Å². The Bertz CT molecular complexity index is 260. The first-order valence-electron chi connectivity index (χ1n) is 4.85. The molecule has 1 aliphatic heterocycles. The van der Waals surface area contributed by atoms with E-state index in [0.29, 0.717) is 13.0 Å². The fourth-order valence-corrected chi connectivity index (χ4v) is 2.61. The van der Waals surface area contributed by atoms with Crippen LogP contribution in [0.4, 0.5) is 0 Å². The second-order valence-corrected chi connectivity index (χ2v) is 5.91. The fraction of sp³-hybridized carbons (Fsp3) is 1.00. The van der Waals surface area contributed by atoms with E-state index in [0.717, 1.165) is 12.8 Å². The zero-order valence-electron chi connectivity index (χ0n) is 8.45. The van der Waals surface area contributed by atoms with E-state index in [1.807, 2.05) is 13.8 Å².